The summed E-state index contributed by atoms with van der Waals surface area (Å²) in [4.78, 5) is 72.2. The predicted molar refractivity (Wildman–Crippen MR) is 335 cm³/mol. The van der Waals surface area contributed by atoms with Crippen LogP contribution in [0.1, 0.15) is 324 Å². The molecule has 0 rings (SSSR count). The van der Waals surface area contributed by atoms with Gasteiger partial charge in [0.25, 0.3) is 0 Å². The molecule has 0 aromatic rings. The molecule has 0 bridgehead atoms. The first-order valence-electron chi connectivity index (χ1n) is 34.0. The van der Waals surface area contributed by atoms with Gasteiger partial charge in [0.1, 0.15) is 19.3 Å². The number of ether oxygens (including phenoxy) is 4. The highest BCUT2D eigenvalue weighted by Crippen LogP contribution is 2.45. The average molecular weight is 1240 g/mol. The molecular weight excluding hydrogens is 1110 g/mol. The Morgan fingerprint density at radius 2 is 0.548 bits per heavy atom. The second kappa shape index (κ2) is 57.5. The normalized spacial score (nSPS) is 14.3. The predicted octanol–water partition coefficient (Wildman–Crippen LogP) is 18.0. The summed E-state index contributed by atoms with van der Waals surface area (Å²) in [6.45, 7) is 9.40. The molecule has 5 atom stereocenters. The van der Waals surface area contributed by atoms with Crippen LogP contribution in [0, 0.1) is 11.8 Å². The first-order valence-corrected chi connectivity index (χ1v) is 37.0. The zero-order chi connectivity index (χ0) is 62.2. The maximum Gasteiger partial charge on any atom is 0.472 e. The standard InChI is InChI=1S/C65H126O17P2/c1-7-9-11-13-15-16-17-18-21-24-30-36-42-48-63(68)76-54-61(81-64(69)49-43-37-31-25-22-19-20-23-28-33-39-45-57(3)4)56-80-84(73,74)78-52-59(66)51-77-83(71,72)79-55-60(53-75-62(67)47-41-35-27-14-12-10-8-2)82-65(70)50-44-38-32-26-29-34-40-46-58(5)6/h57-61,66H,7-56H2,1-6H3,(H,71,72)(H,73,74)/t59-,60+,61+/m0/s1. The third kappa shape index (κ3) is 59.0. The van der Waals surface area contributed by atoms with Crippen molar-refractivity contribution >= 4 is 39.5 Å². The summed E-state index contributed by atoms with van der Waals surface area (Å²) in [5.74, 6) is -0.676. The van der Waals surface area contributed by atoms with Gasteiger partial charge in [0.2, 0.25) is 0 Å². The van der Waals surface area contributed by atoms with Crippen molar-refractivity contribution < 1.29 is 80.2 Å². The molecule has 0 fully saturated rings. The SMILES string of the molecule is CCCCCCCCCCCCCCCC(=O)OC[C@H](COP(=O)(O)OC[C@@H](O)COP(=O)(O)OC[C@@H](COC(=O)CCCCCCCCC)OC(=O)CCCCCCCCCC(C)C)OC(=O)CCCCCCCCCCCCCC(C)C. The largest absolute Gasteiger partial charge is 0.472 e. The minimum atomic E-state index is -4.95. The highest BCUT2D eigenvalue weighted by atomic mass is 31.2. The van der Waals surface area contributed by atoms with E-state index in [2.05, 4.69) is 41.5 Å². The fourth-order valence-electron chi connectivity index (χ4n) is 9.71. The van der Waals surface area contributed by atoms with Gasteiger partial charge in [-0.15, -0.1) is 0 Å². The average Bonchev–Trinajstić information content (AvgIpc) is 3.49. The van der Waals surface area contributed by atoms with Crippen LogP contribution >= 0.6 is 15.6 Å². The van der Waals surface area contributed by atoms with Crippen molar-refractivity contribution in [2.24, 2.45) is 11.8 Å². The lowest BCUT2D eigenvalue weighted by Gasteiger charge is -2.21. The summed E-state index contributed by atoms with van der Waals surface area (Å²) >= 11 is 0. The summed E-state index contributed by atoms with van der Waals surface area (Å²) in [6, 6.07) is 0. The van der Waals surface area contributed by atoms with E-state index in [1.807, 2.05) is 0 Å². The molecule has 498 valence electrons. The summed E-state index contributed by atoms with van der Waals surface area (Å²) in [5, 5.41) is 10.5. The Labute approximate surface area is 511 Å². The van der Waals surface area contributed by atoms with Crippen LogP contribution in [0.3, 0.4) is 0 Å². The molecular formula is C65H126O17P2. The van der Waals surface area contributed by atoms with Gasteiger partial charge in [0.05, 0.1) is 26.4 Å². The van der Waals surface area contributed by atoms with Crippen molar-refractivity contribution in [3.05, 3.63) is 0 Å². The fourth-order valence-corrected chi connectivity index (χ4v) is 11.3. The maximum atomic E-state index is 13.0. The zero-order valence-electron chi connectivity index (χ0n) is 54.2. The van der Waals surface area contributed by atoms with Gasteiger partial charge in [0.15, 0.2) is 12.2 Å². The number of aliphatic hydroxyl groups excluding tert-OH is 1. The third-order valence-corrected chi connectivity index (χ3v) is 16.9. The Morgan fingerprint density at radius 3 is 0.810 bits per heavy atom. The molecule has 84 heavy (non-hydrogen) atoms. The van der Waals surface area contributed by atoms with Crippen LogP contribution < -0.4 is 0 Å². The number of unbranched alkanes of at least 4 members (excludes halogenated alkanes) is 34. The zero-order valence-corrected chi connectivity index (χ0v) is 56.0. The van der Waals surface area contributed by atoms with Crippen LogP contribution in [0.25, 0.3) is 0 Å². The number of aliphatic hydroxyl groups is 1. The highest BCUT2D eigenvalue weighted by molar-refractivity contribution is 7.47. The Morgan fingerprint density at radius 1 is 0.321 bits per heavy atom. The number of hydrogen-bond acceptors (Lipinski definition) is 15. The molecule has 0 saturated heterocycles. The van der Waals surface area contributed by atoms with E-state index in [0.717, 1.165) is 109 Å². The van der Waals surface area contributed by atoms with E-state index in [4.69, 9.17) is 37.0 Å². The molecule has 0 radical (unpaired) electrons. The lowest BCUT2D eigenvalue weighted by Crippen LogP contribution is -2.30. The van der Waals surface area contributed by atoms with Crippen molar-refractivity contribution in [2.45, 2.75) is 342 Å². The van der Waals surface area contributed by atoms with Crippen molar-refractivity contribution in [3.8, 4) is 0 Å². The molecule has 17 nitrogen and oxygen atoms in total. The highest BCUT2D eigenvalue weighted by Gasteiger charge is 2.30. The fraction of sp³-hybridized carbons (Fsp3) is 0.938. The maximum absolute atomic E-state index is 13.0. The van der Waals surface area contributed by atoms with Crippen molar-refractivity contribution in [3.63, 3.8) is 0 Å². The molecule has 0 saturated carbocycles. The third-order valence-electron chi connectivity index (χ3n) is 15.0. The van der Waals surface area contributed by atoms with Crippen LogP contribution in [0.15, 0.2) is 0 Å². The Bertz CT molecular complexity index is 1650. The minimum absolute atomic E-state index is 0.103. The van der Waals surface area contributed by atoms with Gasteiger partial charge >= 0.3 is 39.5 Å². The van der Waals surface area contributed by atoms with Gasteiger partial charge < -0.3 is 33.8 Å². The van der Waals surface area contributed by atoms with Crippen molar-refractivity contribution in [1.82, 2.24) is 0 Å². The Kier molecular flexibility index (Phi) is 56.2. The summed E-state index contributed by atoms with van der Waals surface area (Å²) in [5.41, 5.74) is 0. The van der Waals surface area contributed by atoms with E-state index in [1.54, 1.807) is 0 Å². The van der Waals surface area contributed by atoms with E-state index in [-0.39, 0.29) is 25.7 Å². The van der Waals surface area contributed by atoms with Crippen molar-refractivity contribution in [1.29, 1.82) is 0 Å². The summed E-state index contributed by atoms with van der Waals surface area (Å²) in [6.07, 6.45) is 40.5. The quantitative estimate of drug-likeness (QED) is 0.0222. The van der Waals surface area contributed by atoms with Crippen LogP contribution in [-0.4, -0.2) is 96.7 Å². The molecule has 0 aliphatic rings. The number of esters is 4. The lowest BCUT2D eigenvalue weighted by molar-refractivity contribution is -0.161. The van der Waals surface area contributed by atoms with E-state index in [9.17, 15) is 43.2 Å². The smallest absolute Gasteiger partial charge is 0.462 e. The van der Waals surface area contributed by atoms with Crippen LogP contribution in [0.2, 0.25) is 0 Å². The van der Waals surface area contributed by atoms with Gasteiger partial charge in [0, 0.05) is 25.7 Å². The van der Waals surface area contributed by atoms with Gasteiger partial charge in [-0.1, -0.05) is 273 Å². The topological polar surface area (TPSA) is 237 Å². The molecule has 0 spiro atoms. The number of carbonyl (C=O) groups excluding carboxylic acids is 4. The molecule has 2 unspecified atom stereocenters. The van der Waals surface area contributed by atoms with E-state index < -0.39 is 97.5 Å². The second-order valence-corrected chi connectivity index (χ2v) is 27.4. The molecule has 19 heteroatoms. The molecule has 3 N–H and O–H groups in total. The second-order valence-electron chi connectivity index (χ2n) is 24.5. The number of carbonyl (C=O) groups is 4. The summed E-state index contributed by atoms with van der Waals surface area (Å²) in [7, 11) is -9.88. The monoisotopic (exact) mass is 1240 g/mol. The van der Waals surface area contributed by atoms with Crippen LogP contribution in [-0.2, 0) is 65.4 Å². The van der Waals surface area contributed by atoms with Crippen LogP contribution in [0.4, 0.5) is 0 Å². The van der Waals surface area contributed by atoms with Crippen molar-refractivity contribution in [2.75, 3.05) is 39.6 Å². The Hall–Kier alpha value is -1.94. The van der Waals surface area contributed by atoms with E-state index in [0.29, 0.717) is 31.6 Å². The molecule has 0 heterocycles. The van der Waals surface area contributed by atoms with Gasteiger partial charge in [-0.25, -0.2) is 9.13 Å². The van der Waals surface area contributed by atoms with Gasteiger partial charge in [-0.05, 0) is 37.5 Å². The van der Waals surface area contributed by atoms with Gasteiger partial charge in [-0.2, -0.15) is 0 Å². The molecule has 0 amide bonds. The number of phosphoric ester groups is 2. The van der Waals surface area contributed by atoms with E-state index >= 15 is 0 Å². The minimum Gasteiger partial charge on any atom is -0.462 e. The first-order chi connectivity index (χ1) is 40.4. The van der Waals surface area contributed by atoms with Crippen LogP contribution in [0.5, 0.6) is 0 Å². The number of hydrogen-bond donors (Lipinski definition) is 3. The lowest BCUT2D eigenvalue weighted by atomic mass is 10.0. The first kappa shape index (κ1) is 82.1. The Balaban J connectivity index is 5.22. The molecule has 0 aromatic carbocycles. The van der Waals surface area contributed by atoms with E-state index in [1.165, 1.54) is 128 Å². The summed E-state index contributed by atoms with van der Waals surface area (Å²) < 4.78 is 68.0. The number of phosphoric acid groups is 2. The molecule has 0 aliphatic carbocycles. The molecule has 0 aromatic heterocycles. The molecule has 0 aliphatic heterocycles. The number of rotatable bonds is 64. The van der Waals surface area contributed by atoms with Gasteiger partial charge in [-0.3, -0.25) is 37.3 Å².